The van der Waals surface area contributed by atoms with Gasteiger partial charge >= 0.3 is 0 Å². The molecule has 2 N–H and O–H groups in total. The summed E-state index contributed by atoms with van der Waals surface area (Å²) in [5.74, 6) is 0.523. The smallest absolute Gasteiger partial charge is 0.225 e. The molecule has 0 spiro atoms. The lowest BCUT2D eigenvalue weighted by Gasteiger charge is -2.04. The zero-order valence-electron chi connectivity index (χ0n) is 14.2. The topological polar surface area (TPSA) is 83.0 Å². The molecule has 0 aliphatic rings. The number of nitrogens with zero attached hydrogens (tertiary/aromatic N) is 3. The van der Waals surface area contributed by atoms with E-state index in [1.165, 1.54) is 0 Å². The van der Waals surface area contributed by atoms with Crippen molar-refractivity contribution in [2.24, 2.45) is 4.99 Å². The van der Waals surface area contributed by atoms with Gasteiger partial charge in [-0.05, 0) is 45.2 Å². The third kappa shape index (κ3) is 5.39. The number of halogens is 1. The molecule has 0 unspecified atom stereocenters. The molecule has 2 aromatic rings. The summed E-state index contributed by atoms with van der Waals surface area (Å²) < 4.78 is 0. The molecule has 2 rings (SSSR count). The number of anilines is 1. The fourth-order valence-electron chi connectivity index (χ4n) is 2.17. The van der Waals surface area contributed by atoms with Gasteiger partial charge in [-0.25, -0.2) is 0 Å². The standard InChI is InChI=1S/C18H20ClN5O/c1-12(4-6-15(19)20-3)5-7-16(25)22-18-13(2)17(23-24-18)14-8-10-21-11-9-14/h4,6,8-11H,3,5,7H2,1-2H3,(H2,22,23,24,25)/b12-4+,15-6-. The second-order valence-corrected chi connectivity index (χ2v) is 5.90. The lowest BCUT2D eigenvalue weighted by molar-refractivity contribution is -0.116. The summed E-state index contributed by atoms with van der Waals surface area (Å²) in [5.41, 5.74) is 3.65. The van der Waals surface area contributed by atoms with E-state index in [1.54, 1.807) is 18.5 Å². The highest BCUT2D eigenvalue weighted by Gasteiger charge is 2.13. The number of carbonyl (C=O) groups is 1. The van der Waals surface area contributed by atoms with E-state index in [2.05, 4.69) is 32.2 Å². The number of aromatic nitrogens is 3. The number of allylic oxidation sites excluding steroid dienone is 3. The van der Waals surface area contributed by atoms with Crippen molar-refractivity contribution in [2.45, 2.75) is 26.7 Å². The van der Waals surface area contributed by atoms with Crippen LogP contribution in [-0.4, -0.2) is 27.8 Å². The second-order valence-electron chi connectivity index (χ2n) is 5.52. The second kappa shape index (κ2) is 8.94. The first-order valence-electron chi connectivity index (χ1n) is 7.76. The van der Waals surface area contributed by atoms with Crippen molar-refractivity contribution in [3.63, 3.8) is 0 Å². The minimum Gasteiger partial charge on any atom is -0.311 e. The zero-order valence-corrected chi connectivity index (χ0v) is 15.0. The number of nitrogens with one attached hydrogen (secondary N) is 2. The van der Waals surface area contributed by atoms with Gasteiger partial charge in [0.1, 0.15) is 11.0 Å². The number of H-pyrrole nitrogens is 1. The number of carbonyl (C=O) groups excluding carboxylic acids is 1. The van der Waals surface area contributed by atoms with E-state index in [9.17, 15) is 4.79 Å². The Morgan fingerprint density at radius 1 is 1.36 bits per heavy atom. The van der Waals surface area contributed by atoms with Crippen LogP contribution in [0, 0.1) is 6.92 Å². The number of hydrogen-bond acceptors (Lipinski definition) is 4. The van der Waals surface area contributed by atoms with Crippen molar-refractivity contribution in [3.8, 4) is 11.3 Å². The molecule has 7 heteroatoms. The molecule has 0 aliphatic carbocycles. The van der Waals surface area contributed by atoms with Crippen LogP contribution in [0.1, 0.15) is 25.3 Å². The Morgan fingerprint density at radius 3 is 2.76 bits per heavy atom. The van der Waals surface area contributed by atoms with Gasteiger partial charge in [-0.15, -0.1) is 0 Å². The number of amides is 1. The third-order valence-corrected chi connectivity index (χ3v) is 3.88. The maximum Gasteiger partial charge on any atom is 0.225 e. The van der Waals surface area contributed by atoms with E-state index in [1.807, 2.05) is 32.1 Å². The van der Waals surface area contributed by atoms with E-state index >= 15 is 0 Å². The summed E-state index contributed by atoms with van der Waals surface area (Å²) in [7, 11) is 0. The normalized spacial score (nSPS) is 12.1. The number of aliphatic imine (C=N–C) groups is 1. The molecular weight excluding hydrogens is 338 g/mol. The molecular formula is C18H20ClN5O. The molecule has 0 fully saturated rings. The first kappa shape index (κ1) is 18.6. The maximum atomic E-state index is 12.1. The van der Waals surface area contributed by atoms with Gasteiger partial charge in [-0.1, -0.05) is 23.3 Å². The van der Waals surface area contributed by atoms with E-state index < -0.39 is 0 Å². The highest BCUT2D eigenvalue weighted by Crippen LogP contribution is 2.25. The van der Waals surface area contributed by atoms with Gasteiger partial charge in [-0.3, -0.25) is 19.9 Å². The predicted molar refractivity (Wildman–Crippen MR) is 102 cm³/mol. The van der Waals surface area contributed by atoms with Crippen LogP contribution in [0.3, 0.4) is 0 Å². The summed E-state index contributed by atoms with van der Waals surface area (Å²) in [5, 5.41) is 10.3. The van der Waals surface area contributed by atoms with Crippen LogP contribution in [0.2, 0.25) is 0 Å². The molecule has 0 saturated carbocycles. The minimum atomic E-state index is -0.0855. The lowest BCUT2D eigenvalue weighted by Crippen LogP contribution is -2.12. The highest BCUT2D eigenvalue weighted by molar-refractivity contribution is 6.29. The van der Waals surface area contributed by atoms with Crippen molar-refractivity contribution < 1.29 is 4.79 Å². The summed E-state index contributed by atoms with van der Waals surface area (Å²) in [6, 6.07) is 3.75. The molecule has 0 atom stereocenters. The lowest BCUT2D eigenvalue weighted by atomic mass is 10.1. The first-order chi connectivity index (χ1) is 12.0. The molecule has 0 bridgehead atoms. The zero-order chi connectivity index (χ0) is 18.2. The molecule has 0 aromatic carbocycles. The predicted octanol–water partition coefficient (Wildman–Crippen LogP) is 4.23. The Labute approximate surface area is 151 Å². The average Bonchev–Trinajstić information content (AvgIpc) is 2.99. The maximum absolute atomic E-state index is 12.1. The molecule has 2 aromatic heterocycles. The molecule has 0 aliphatic heterocycles. The Bertz CT molecular complexity index is 808. The van der Waals surface area contributed by atoms with Crippen LogP contribution in [0.15, 0.2) is 52.4 Å². The summed E-state index contributed by atoms with van der Waals surface area (Å²) in [6.07, 6.45) is 7.88. The summed E-state index contributed by atoms with van der Waals surface area (Å²) >= 11 is 5.74. The minimum absolute atomic E-state index is 0.0855. The quantitative estimate of drug-likeness (QED) is 0.442. The monoisotopic (exact) mass is 357 g/mol. The summed E-state index contributed by atoms with van der Waals surface area (Å²) in [4.78, 5) is 19.7. The highest BCUT2D eigenvalue weighted by atomic mass is 35.5. The van der Waals surface area contributed by atoms with Crippen molar-refractivity contribution in [3.05, 3.63) is 53.0 Å². The fraction of sp³-hybridized carbons (Fsp3) is 0.222. The van der Waals surface area contributed by atoms with Crippen LogP contribution < -0.4 is 5.32 Å². The van der Waals surface area contributed by atoms with Gasteiger partial charge in [-0.2, -0.15) is 5.10 Å². The van der Waals surface area contributed by atoms with E-state index in [0.29, 0.717) is 23.8 Å². The van der Waals surface area contributed by atoms with Crippen LogP contribution >= 0.6 is 11.6 Å². The first-order valence-corrected chi connectivity index (χ1v) is 8.14. The van der Waals surface area contributed by atoms with Crippen LogP contribution in [-0.2, 0) is 4.79 Å². The van der Waals surface area contributed by atoms with E-state index in [-0.39, 0.29) is 5.91 Å². The molecule has 0 saturated heterocycles. The number of rotatable bonds is 7. The number of aromatic amines is 1. The van der Waals surface area contributed by atoms with Gasteiger partial charge in [0.15, 0.2) is 0 Å². The molecule has 25 heavy (non-hydrogen) atoms. The Hall–Kier alpha value is -2.73. The van der Waals surface area contributed by atoms with Gasteiger partial charge in [0, 0.05) is 29.9 Å². The van der Waals surface area contributed by atoms with Crippen molar-refractivity contribution >= 4 is 30.0 Å². The number of pyridine rings is 1. The molecule has 6 nitrogen and oxygen atoms in total. The van der Waals surface area contributed by atoms with Crippen LogP contribution in [0.4, 0.5) is 5.82 Å². The molecule has 1 amide bonds. The average molecular weight is 358 g/mol. The van der Waals surface area contributed by atoms with E-state index in [4.69, 9.17) is 11.6 Å². The van der Waals surface area contributed by atoms with Gasteiger partial charge < -0.3 is 5.32 Å². The van der Waals surface area contributed by atoms with Crippen LogP contribution in [0.5, 0.6) is 0 Å². The third-order valence-electron chi connectivity index (χ3n) is 3.63. The number of hydrogen-bond donors (Lipinski definition) is 2. The Morgan fingerprint density at radius 2 is 2.08 bits per heavy atom. The van der Waals surface area contributed by atoms with E-state index in [0.717, 1.165) is 22.4 Å². The Kier molecular flexibility index (Phi) is 6.65. The van der Waals surface area contributed by atoms with Crippen LogP contribution in [0.25, 0.3) is 11.3 Å². The Balaban J connectivity index is 1.96. The van der Waals surface area contributed by atoms with Gasteiger partial charge in [0.2, 0.25) is 5.91 Å². The fourth-order valence-corrected chi connectivity index (χ4v) is 2.23. The molecule has 0 radical (unpaired) electrons. The van der Waals surface area contributed by atoms with Crippen molar-refractivity contribution in [1.82, 2.24) is 15.2 Å². The van der Waals surface area contributed by atoms with Gasteiger partial charge in [0.25, 0.3) is 0 Å². The molecule has 130 valence electrons. The van der Waals surface area contributed by atoms with Gasteiger partial charge in [0.05, 0.1) is 5.69 Å². The van der Waals surface area contributed by atoms with Crippen molar-refractivity contribution in [1.29, 1.82) is 0 Å². The largest absolute Gasteiger partial charge is 0.311 e. The van der Waals surface area contributed by atoms with Crippen molar-refractivity contribution in [2.75, 3.05) is 5.32 Å². The molecule has 2 heterocycles. The SMILES string of the molecule is C=N/C(Cl)=C\C=C(/C)CCC(=O)Nc1[nH]nc(-c2ccncc2)c1C. The summed E-state index contributed by atoms with van der Waals surface area (Å²) in [6.45, 7) is 7.18.